The number of hydrogen-bond acceptors (Lipinski definition) is 3. The molecular weight excluding hydrogens is 352 g/mol. The van der Waals surface area contributed by atoms with Gasteiger partial charge >= 0.3 is 0 Å². The summed E-state index contributed by atoms with van der Waals surface area (Å²) in [5.41, 5.74) is 2.44. The molecule has 110 valence electrons. The lowest BCUT2D eigenvalue weighted by Gasteiger charge is -2.07. The van der Waals surface area contributed by atoms with Gasteiger partial charge in [0.15, 0.2) is 0 Å². The second-order valence-electron chi connectivity index (χ2n) is 4.53. The molecule has 1 heterocycles. The van der Waals surface area contributed by atoms with E-state index in [9.17, 15) is 9.59 Å². The second kappa shape index (κ2) is 7.38. The van der Waals surface area contributed by atoms with E-state index in [4.69, 9.17) is 0 Å². The molecular formula is C15H15BrN2O2S. The highest BCUT2D eigenvalue weighted by atomic mass is 79.9. The summed E-state index contributed by atoms with van der Waals surface area (Å²) in [6.45, 7) is 2.27. The number of rotatable bonds is 5. The normalized spacial score (nSPS) is 10.2. The van der Waals surface area contributed by atoms with E-state index >= 15 is 0 Å². The lowest BCUT2D eigenvalue weighted by atomic mass is 10.2. The SMILES string of the molecule is Cc1cc(NC(=O)CCNC(=O)c2ccsc2)ccc1Br. The number of nitrogens with one attached hydrogen (secondary N) is 2. The van der Waals surface area contributed by atoms with E-state index in [-0.39, 0.29) is 18.2 Å². The number of benzene rings is 1. The molecule has 0 bridgehead atoms. The average Bonchev–Trinajstić information content (AvgIpc) is 2.97. The van der Waals surface area contributed by atoms with Gasteiger partial charge in [-0.15, -0.1) is 0 Å². The first-order valence-electron chi connectivity index (χ1n) is 6.42. The van der Waals surface area contributed by atoms with Gasteiger partial charge in [0.25, 0.3) is 5.91 Å². The van der Waals surface area contributed by atoms with Crippen LogP contribution in [0.1, 0.15) is 22.3 Å². The second-order valence-corrected chi connectivity index (χ2v) is 6.16. The zero-order chi connectivity index (χ0) is 15.2. The fourth-order valence-electron chi connectivity index (χ4n) is 1.73. The molecule has 21 heavy (non-hydrogen) atoms. The Labute approximate surface area is 135 Å². The smallest absolute Gasteiger partial charge is 0.252 e. The van der Waals surface area contributed by atoms with E-state index in [2.05, 4.69) is 26.6 Å². The van der Waals surface area contributed by atoms with Gasteiger partial charge in [-0.25, -0.2) is 0 Å². The van der Waals surface area contributed by atoms with Crippen molar-refractivity contribution in [1.29, 1.82) is 0 Å². The van der Waals surface area contributed by atoms with Crippen molar-refractivity contribution in [3.8, 4) is 0 Å². The molecule has 4 nitrogen and oxygen atoms in total. The minimum absolute atomic E-state index is 0.123. The van der Waals surface area contributed by atoms with E-state index in [1.165, 1.54) is 11.3 Å². The summed E-state index contributed by atoms with van der Waals surface area (Å²) >= 11 is 4.88. The number of carbonyl (C=O) groups is 2. The summed E-state index contributed by atoms with van der Waals surface area (Å²) < 4.78 is 1.00. The predicted octanol–water partition coefficient (Wildman–Crippen LogP) is 3.58. The molecule has 6 heteroatoms. The van der Waals surface area contributed by atoms with Crippen LogP contribution in [0.15, 0.2) is 39.5 Å². The molecule has 0 aliphatic heterocycles. The van der Waals surface area contributed by atoms with E-state index < -0.39 is 0 Å². The fourth-order valence-corrected chi connectivity index (χ4v) is 2.61. The monoisotopic (exact) mass is 366 g/mol. The van der Waals surface area contributed by atoms with Crippen molar-refractivity contribution in [2.24, 2.45) is 0 Å². The number of hydrogen-bond donors (Lipinski definition) is 2. The Morgan fingerprint density at radius 1 is 1.29 bits per heavy atom. The summed E-state index contributed by atoms with van der Waals surface area (Å²) in [5.74, 6) is -0.272. The summed E-state index contributed by atoms with van der Waals surface area (Å²) in [6, 6.07) is 7.37. The highest BCUT2D eigenvalue weighted by Crippen LogP contribution is 2.20. The van der Waals surface area contributed by atoms with E-state index in [1.807, 2.05) is 30.5 Å². The van der Waals surface area contributed by atoms with Crippen molar-refractivity contribution in [3.05, 3.63) is 50.6 Å². The van der Waals surface area contributed by atoms with Crippen LogP contribution >= 0.6 is 27.3 Å². The molecule has 0 saturated heterocycles. The third kappa shape index (κ3) is 4.68. The third-order valence-corrected chi connectivity index (χ3v) is 4.44. The molecule has 0 atom stereocenters. The standard InChI is InChI=1S/C15H15BrN2O2S/c1-10-8-12(2-3-13(10)16)18-14(19)4-6-17-15(20)11-5-7-21-9-11/h2-3,5,7-9H,4,6H2,1H3,(H,17,20)(H,18,19). The van der Waals surface area contributed by atoms with Crippen LogP contribution in [0.5, 0.6) is 0 Å². The quantitative estimate of drug-likeness (QED) is 0.849. The van der Waals surface area contributed by atoms with Crippen LogP contribution in [0.2, 0.25) is 0 Å². The Kier molecular flexibility index (Phi) is 5.52. The molecule has 0 aliphatic carbocycles. The highest BCUT2D eigenvalue weighted by molar-refractivity contribution is 9.10. The zero-order valence-corrected chi connectivity index (χ0v) is 13.9. The molecule has 1 aromatic carbocycles. The molecule has 0 fully saturated rings. The zero-order valence-electron chi connectivity index (χ0n) is 11.5. The molecule has 2 rings (SSSR count). The fraction of sp³-hybridized carbons (Fsp3) is 0.200. The van der Waals surface area contributed by atoms with Crippen LogP contribution in [-0.2, 0) is 4.79 Å². The Hall–Kier alpha value is -1.66. The van der Waals surface area contributed by atoms with Gasteiger partial charge < -0.3 is 10.6 Å². The third-order valence-electron chi connectivity index (χ3n) is 2.86. The van der Waals surface area contributed by atoms with Gasteiger partial charge in [-0.2, -0.15) is 11.3 Å². The Balaban J connectivity index is 1.77. The lowest BCUT2D eigenvalue weighted by Crippen LogP contribution is -2.27. The van der Waals surface area contributed by atoms with Gasteiger partial charge in [0.2, 0.25) is 5.91 Å². The maximum absolute atomic E-state index is 11.8. The average molecular weight is 367 g/mol. The molecule has 0 saturated carbocycles. The molecule has 1 aromatic heterocycles. The molecule has 0 spiro atoms. The number of halogens is 1. The van der Waals surface area contributed by atoms with Gasteiger partial charge in [-0.3, -0.25) is 9.59 Å². The van der Waals surface area contributed by atoms with Crippen molar-refractivity contribution in [3.63, 3.8) is 0 Å². The number of aryl methyl sites for hydroxylation is 1. The Morgan fingerprint density at radius 3 is 2.76 bits per heavy atom. The van der Waals surface area contributed by atoms with Crippen LogP contribution in [0, 0.1) is 6.92 Å². The van der Waals surface area contributed by atoms with Gasteiger partial charge in [0.1, 0.15) is 0 Å². The Morgan fingerprint density at radius 2 is 2.10 bits per heavy atom. The minimum atomic E-state index is -0.150. The number of anilines is 1. The highest BCUT2D eigenvalue weighted by Gasteiger charge is 2.07. The van der Waals surface area contributed by atoms with Crippen LogP contribution in [0.25, 0.3) is 0 Å². The predicted molar refractivity (Wildman–Crippen MR) is 88.8 cm³/mol. The first-order valence-corrected chi connectivity index (χ1v) is 8.16. The van der Waals surface area contributed by atoms with Crippen LogP contribution in [0.3, 0.4) is 0 Å². The summed E-state index contributed by atoms with van der Waals surface area (Å²) in [7, 11) is 0. The van der Waals surface area contributed by atoms with Crippen molar-refractivity contribution < 1.29 is 9.59 Å². The molecule has 0 aliphatic rings. The number of thiophene rings is 1. The lowest BCUT2D eigenvalue weighted by molar-refractivity contribution is -0.116. The van der Waals surface area contributed by atoms with Crippen molar-refractivity contribution in [2.75, 3.05) is 11.9 Å². The summed E-state index contributed by atoms with van der Waals surface area (Å²) in [6.07, 6.45) is 0.241. The van der Waals surface area contributed by atoms with E-state index in [1.54, 1.807) is 11.4 Å². The van der Waals surface area contributed by atoms with E-state index in [0.29, 0.717) is 12.1 Å². The van der Waals surface area contributed by atoms with Gasteiger partial charge in [-0.1, -0.05) is 15.9 Å². The summed E-state index contributed by atoms with van der Waals surface area (Å²) in [4.78, 5) is 23.5. The van der Waals surface area contributed by atoms with Crippen LogP contribution in [-0.4, -0.2) is 18.4 Å². The largest absolute Gasteiger partial charge is 0.351 e. The maximum atomic E-state index is 11.8. The number of carbonyl (C=O) groups excluding carboxylic acids is 2. The Bertz CT molecular complexity index is 641. The molecule has 0 unspecified atom stereocenters. The first-order chi connectivity index (χ1) is 10.1. The molecule has 2 aromatic rings. The van der Waals surface area contributed by atoms with Crippen LogP contribution in [0.4, 0.5) is 5.69 Å². The van der Waals surface area contributed by atoms with Gasteiger partial charge in [0.05, 0.1) is 0 Å². The van der Waals surface area contributed by atoms with Gasteiger partial charge in [0, 0.05) is 34.1 Å². The maximum Gasteiger partial charge on any atom is 0.252 e. The first kappa shape index (κ1) is 15.7. The van der Waals surface area contributed by atoms with Crippen molar-refractivity contribution in [1.82, 2.24) is 5.32 Å². The van der Waals surface area contributed by atoms with Gasteiger partial charge in [-0.05, 0) is 42.1 Å². The molecule has 2 N–H and O–H groups in total. The minimum Gasteiger partial charge on any atom is -0.351 e. The number of amides is 2. The topological polar surface area (TPSA) is 58.2 Å². The molecule has 0 radical (unpaired) electrons. The van der Waals surface area contributed by atoms with Crippen molar-refractivity contribution in [2.45, 2.75) is 13.3 Å². The van der Waals surface area contributed by atoms with E-state index in [0.717, 1.165) is 15.7 Å². The summed E-state index contributed by atoms with van der Waals surface area (Å²) in [5, 5.41) is 9.15. The molecule has 2 amide bonds. The van der Waals surface area contributed by atoms with Crippen LogP contribution < -0.4 is 10.6 Å². The van der Waals surface area contributed by atoms with Crippen molar-refractivity contribution >= 4 is 44.8 Å².